The summed E-state index contributed by atoms with van der Waals surface area (Å²) in [6.45, 7) is 6.27. The molecular formula is C16H21F3O. The van der Waals surface area contributed by atoms with Crippen LogP contribution in [0.2, 0.25) is 0 Å². The van der Waals surface area contributed by atoms with Crippen molar-refractivity contribution in [1.82, 2.24) is 0 Å². The molecule has 0 radical (unpaired) electrons. The third-order valence-electron chi connectivity index (χ3n) is 3.86. The van der Waals surface area contributed by atoms with Crippen LogP contribution in [0.1, 0.15) is 63.5 Å². The van der Waals surface area contributed by atoms with Crippen molar-refractivity contribution in [3.05, 3.63) is 29.3 Å². The molecule has 1 aromatic carbocycles. The van der Waals surface area contributed by atoms with Gasteiger partial charge in [0, 0.05) is 0 Å². The average Bonchev–Trinajstić information content (AvgIpc) is 2.78. The fourth-order valence-electron chi connectivity index (χ4n) is 3.00. The van der Waals surface area contributed by atoms with Gasteiger partial charge in [-0.2, -0.15) is 0 Å². The number of halogens is 3. The first-order valence-corrected chi connectivity index (χ1v) is 7.07. The molecule has 0 bridgehead atoms. The van der Waals surface area contributed by atoms with Gasteiger partial charge in [0.05, 0.1) is 0 Å². The smallest absolute Gasteiger partial charge is 0.406 e. The maximum absolute atomic E-state index is 12.4. The predicted molar refractivity (Wildman–Crippen MR) is 73.0 cm³/mol. The molecule has 1 saturated carbocycles. The Morgan fingerprint density at radius 1 is 1.05 bits per heavy atom. The third kappa shape index (κ3) is 3.68. The first-order valence-electron chi connectivity index (χ1n) is 7.07. The lowest BCUT2D eigenvalue weighted by atomic mass is 9.79. The molecule has 0 aliphatic heterocycles. The van der Waals surface area contributed by atoms with E-state index in [1.807, 2.05) is 0 Å². The van der Waals surface area contributed by atoms with E-state index >= 15 is 0 Å². The van der Waals surface area contributed by atoms with Crippen LogP contribution in [0.5, 0.6) is 5.75 Å². The number of alkyl halides is 3. The number of rotatable bonds is 2. The lowest BCUT2D eigenvalue weighted by Gasteiger charge is -2.26. The molecule has 4 heteroatoms. The molecule has 20 heavy (non-hydrogen) atoms. The van der Waals surface area contributed by atoms with Crippen molar-refractivity contribution in [1.29, 1.82) is 0 Å². The van der Waals surface area contributed by atoms with Gasteiger partial charge in [0.25, 0.3) is 0 Å². The lowest BCUT2D eigenvalue weighted by molar-refractivity contribution is -0.274. The van der Waals surface area contributed by atoms with Crippen LogP contribution in [0.25, 0.3) is 0 Å². The van der Waals surface area contributed by atoms with Crippen LogP contribution in [0.3, 0.4) is 0 Å². The van der Waals surface area contributed by atoms with Crippen molar-refractivity contribution >= 4 is 0 Å². The van der Waals surface area contributed by atoms with Crippen LogP contribution in [-0.2, 0) is 5.41 Å². The molecule has 2 rings (SSSR count). The summed E-state index contributed by atoms with van der Waals surface area (Å²) >= 11 is 0. The summed E-state index contributed by atoms with van der Waals surface area (Å²) in [4.78, 5) is 0. The Hall–Kier alpha value is -1.19. The fourth-order valence-corrected chi connectivity index (χ4v) is 3.00. The minimum Gasteiger partial charge on any atom is -0.406 e. The SMILES string of the molecule is CC(C)(C)c1ccc(OC(F)(F)F)cc1C1CCCC1. The van der Waals surface area contributed by atoms with Crippen LogP contribution < -0.4 is 4.74 Å². The van der Waals surface area contributed by atoms with E-state index in [9.17, 15) is 13.2 Å². The molecule has 1 nitrogen and oxygen atoms in total. The van der Waals surface area contributed by atoms with Gasteiger partial charge in [0.1, 0.15) is 5.75 Å². The van der Waals surface area contributed by atoms with Gasteiger partial charge >= 0.3 is 6.36 Å². The normalized spacial score (nSPS) is 17.5. The van der Waals surface area contributed by atoms with Gasteiger partial charge in [-0.25, -0.2) is 0 Å². The van der Waals surface area contributed by atoms with Crippen molar-refractivity contribution in [2.24, 2.45) is 0 Å². The number of hydrogen-bond donors (Lipinski definition) is 0. The van der Waals surface area contributed by atoms with Crippen molar-refractivity contribution in [2.75, 3.05) is 0 Å². The second kappa shape index (κ2) is 5.30. The topological polar surface area (TPSA) is 9.23 Å². The highest BCUT2D eigenvalue weighted by Crippen LogP contribution is 2.41. The molecule has 0 amide bonds. The summed E-state index contributed by atoms with van der Waals surface area (Å²) in [5.41, 5.74) is 2.07. The van der Waals surface area contributed by atoms with Gasteiger partial charge in [-0.1, -0.05) is 39.7 Å². The lowest BCUT2D eigenvalue weighted by Crippen LogP contribution is -2.19. The quantitative estimate of drug-likeness (QED) is 0.693. The van der Waals surface area contributed by atoms with E-state index in [-0.39, 0.29) is 11.2 Å². The molecule has 112 valence electrons. The highest BCUT2D eigenvalue weighted by Gasteiger charge is 2.32. The zero-order chi connectivity index (χ0) is 15.0. The minimum absolute atomic E-state index is 0.0747. The van der Waals surface area contributed by atoms with E-state index in [2.05, 4.69) is 25.5 Å². The molecule has 0 unspecified atom stereocenters. The van der Waals surface area contributed by atoms with E-state index in [1.165, 1.54) is 6.07 Å². The molecule has 1 aliphatic carbocycles. The van der Waals surface area contributed by atoms with Gasteiger partial charge in [-0.15, -0.1) is 13.2 Å². The van der Waals surface area contributed by atoms with Crippen LogP contribution in [0.4, 0.5) is 13.2 Å². The van der Waals surface area contributed by atoms with Crippen LogP contribution in [-0.4, -0.2) is 6.36 Å². The maximum atomic E-state index is 12.4. The minimum atomic E-state index is -4.63. The summed E-state index contributed by atoms with van der Waals surface area (Å²) in [5.74, 6) is 0.258. The van der Waals surface area contributed by atoms with Gasteiger partial charge < -0.3 is 4.74 Å². The van der Waals surface area contributed by atoms with E-state index in [0.29, 0.717) is 5.92 Å². The van der Waals surface area contributed by atoms with Gasteiger partial charge in [-0.3, -0.25) is 0 Å². The highest BCUT2D eigenvalue weighted by atomic mass is 19.4. The van der Waals surface area contributed by atoms with E-state index < -0.39 is 6.36 Å². The molecule has 0 heterocycles. The van der Waals surface area contributed by atoms with Gasteiger partial charge in [0.2, 0.25) is 0 Å². The summed E-state index contributed by atoms with van der Waals surface area (Å²) in [7, 11) is 0. The Balaban J connectivity index is 2.39. The standard InChI is InChI=1S/C16H21F3O/c1-15(2,3)14-9-8-12(20-16(17,18)19)10-13(14)11-6-4-5-7-11/h8-11H,4-7H2,1-3H3. The highest BCUT2D eigenvalue weighted by molar-refractivity contribution is 5.42. The molecule has 1 fully saturated rings. The zero-order valence-corrected chi connectivity index (χ0v) is 12.2. The Labute approximate surface area is 118 Å². The Morgan fingerprint density at radius 3 is 2.15 bits per heavy atom. The van der Waals surface area contributed by atoms with E-state index in [4.69, 9.17) is 0 Å². The second-order valence-corrected chi connectivity index (χ2v) is 6.53. The Kier molecular flexibility index (Phi) is 4.03. The number of ether oxygens (including phenoxy) is 1. The Bertz CT molecular complexity index is 466. The second-order valence-electron chi connectivity index (χ2n) is 6.53. The molecule has 0 atom stereocenters. The Morgan fingerprint density at radius 2 is 1.65 bits per heavy atom. The zero-order valence-electron chi connectivity index (χ0n) is 12.2. The average molecular weight is 286 g/mol. The fraction of sp³-hybridized carbons (Fsp3) is 0.625. The van der Waals surface area contributed by atoms with Crippen molar-refractivity contribution < 1.29 is 17.9 Å². The van der Waals surface area contributed by atoms with Gasteiger partial charge in [0.15, 0.2) is 0 Å². The monoisotopic (exact) mass is 286 g/mol. The summed E-state index contributed by atoms with van der Waals surface area (Å²) in [5, 5.41) is 0. The largest absolute Gasteiger partial charge is 0.573 e. The van der Waals surface area contributed by atoms with Crippen molar-refractivity contribution in [3.8, 4) is 5.75 Å². The van der Waals surface area contributed by atoms with Crippen LogP contribution in [0, 0.1) is 0 Å². The molecule has 1 aromatic rings. The third-order valence-corrected chi connectivity index (χ3v) is 3.86. The van der Waals surface area contributed by atoms with Gasteiger partial charge in [-0.05, 0) is 47.4 Å². The summed E-state index contributed by atoms with van der Waals surface area (Å²) in [6.07, 6.45) is -0.218. The molecule has 0 spiro atoms. The summed E-state index contributed by atoms with van der Waals surface area (Å²) < 4.78 is 41.2. The molecule has 1 aliphatic rings. The number of hydrogen-bond acceptors (Lipinski definition) is 1. The van der Waals surface area contributed by atoms with Crippen molar-refractivity contribution in [2.45, 2.75) is 64.1 Å². The van der Waals surface area contributed by atoms with Crippen LogP contribution >= 0.6 is 0 Å². The predicted octanol–water partition coefficient (Wildman–Crippen LogP) is 5.54. The number of benzene rings is 1. The first kappa shape index (κ1) is 15.2. The molecular weight excluding hydrogens is 265 g/mol. The van der Waals surface area contributed by atoms with Crippen LogP contribution in [0.15, 0.2) is 18.2 Å². The molecule has 0 saturated heterocycles. The van der Waals surface area contributed by atoms with E-state index in [0.717, 1.165) is 36.8 Å². The molecule has 0 N–H and O–H groups in total. The summed E-state index contributed by atoms with van der Waals surface area (Å²) in [6, 6.07) is 4.80. The first-order chi connectivity index (χ1) is 9.17. The van der Waals surface area contributed by atoms with Crippen molar-refractivity contribution in [3.63, 3.8) is 0 Å². The molecule has 0 aromatic heterocycles. The maximum Gasteiger partial charge on any atom is 0.573 e. The van der Waals surface area contributed by atoms with E-state index in [1.54, 1.807) is 12.1 Å².